The molecule has 98 valence electrons. The van der Waals surface area contributed by atoms with Crippen molar-refractivity contribution in [2.75, 3.05) is 0 Å². The molecule has 1 N–H and O–H groups in total. The van der Waals surface area contributed by atoms with Crippen LogP contribution >= 0.6 is 11.3 Å². The predicted molar refractivity (Wildman–Crippen MR) is 77.3 cm³/mol. The summed E-state index contributed by atoms with van der Waals surface area (Å²) in [5, 5.41) is 11.1. The van der Waals surface area contributed by atoms with Gasteiger partial charge in [0.15, 0.2) is 0 Å². The lowest BCUT2D eigenvalue weighted by Gasteiger charge is -2.10. The molecule has 19 heavy (non-hydrogen) atoms. The zero-order valence-electron chi connectivity index (χ0n) is 11.0. The molecule has 0 saturated heterocycles. The standard InChI is InChI=1S/C14H16N4S/c1-10-9-19-14(17-10)11(2)15-7-12-8-16-18-6-4-3-5-13(12)18/h3-6,8-9,11,15H,7H2,1-2H3. The third kappa shape index (κ3) is 2.52. The second kappa shape index (κ2) is 5.11. The fraction of sp³-hybridized carbons (Fsp3) is 0.286. The minimum atomic E-state index is 0.261. The summed E-state index contributed by atoms with van der Waals surface area (Å²) in [5.41, 5.74) is 3.45. The van der Waals surface area contributed by atoms with Crippen molar-refractivity contribution in [3.8, 4) is 0 Å². The number of hydrogen-bond donors (Lipinski definition) is 1. The first-order valence-electron chi connectivity index (χ1n) is 6.30. The Labute approximate surface area is 116 Å². The minimum Gasteiger partial charge on any atom is -0.304 e. The summed E-state index contributed by atoms with van der Waals surface area (Å²) in [5.74, 6) is 0. The molecule has 0 saturated carbocycles. The molecule has 0 amide bonds. The molecule has 1 unspecified atom stereocenters. The van der Waals surface area contributed by atoms with E-state index in [0.29, 0.717) is 0 Å². The predicted octanol–water partition coefficient (Wildman–Crippen LogP) is 2.95. The zero-order chi connectivity index (χ0) is 13.2. The summed E-state index contributed by atoms with van der Waals surface area (Å²) in [6.07, 6.45) is 3.88. The van der Waals surface area contributed by atoms with E-state index in [1.54, 1.807) is 11.3 Å². The molecule has 1 atom stereocenters. The van der Waals surface area contributed by atoms with Crippen LogP contribution in [-0.2, 0) is 6.54 Å². The van der Waals surface area contributed by atoms with E-state index in [0.717, 1.165) is 22.8 Å². The Bertz CT molecular complexity index is 685. The van der Waals surface area contributed by atoms with Crippen molar-refractivity contribution in [1.29, 1.82) is 0 Å². The van der Waals surface area contributed by atoms with Crippen molar-refractivity contribution in [2.24, 2.45) is 0 Å². The van der Waals surface area contributed by atoms with Gasteiger partial charge < -0.3 is 5.32 Å². The lowest BCUT2D eigenvalue weighted by molar-refractivity contribution is 0.572. The number of nitrogens with zero attached hydrogens (tertiary/aromatic N) is 3. The number of nitrogens with one attached hydrogen (secondary N) is 1. The van der Waals surface area contributed by atoms with Crippen LogP contribution in [0.2, 0.25) is 0 Å². The zero-order valence-corrected chi connectivity index (χ0v) is 11.8. The average molecular weight is 272 g/mol. The first-order valence-corrected chi connectivity index (χ1v) is 7.18. The molecule has 3 aromatic rings. The molecule has 3 rings (SSSR count). The monoisotopic (exact) mass is 272 g/mol. The van der Waals surface area contributed by atoms with Gasteiger partial charge in [-0.1, -0.05) is 6.07 Å². The summed E-state index contributed by atoms with van der Waals surface area (Å²) in [4.78, 5) is 4.51. The highest BCUT2D eigenvalue weighted by atomic mass is 32.1. The van der Waals surface area contributed by atoms with Gasteiger partial charge in [0.1, 0.15) is 5.01 Å². The van der Waals surface area contributed by atoms with Gasteiger partial charge in [0.05, 0.1) is 17.8 Å². The van der Waals surface area contributed by atoms with Crippen LogP contribution in [0, 0.1) is 6.92 Å². The van der Waals surface area contributed by atoms with Crippen molar-refractivity contribution < 1.29 is 0 Å². The van der Waals surface area contributed by atoms with Crippen molar-refractivity contribution in [2.45, 2.75) is 26.4 Å². The van der Waals surface area contributed by atoms with Gasteiger partial charge in [0, 0.05) is 29.4 Å². The van der Waals surface area contributed by atoms with Gasteiger partial charge in [-0.2, -0.15) is 5.10 Å². The molecule has 0 aromatic carbocycles. The summed E-state index contributed by atoms with van der Waals surface area (Å²) in [6, 6.07) is 6.37. The lowest BCUT2D eigenvalue weighted by Crippen LogP contribution is -2.17. The molecule has 0 spiro atoms. The fourth-order valence-electron chi connectivity index (χ4n) is 2.05. The quantitative estimate of drug-likeness (QED) is 0.794. The maximum absolute atomic E-state index is 4.51. The maximum atomic E-state index is 4.51. The highest BCUT2D eigenvalue weighted by Crippen LogP contribution is 2.18. The summed E-state index contributed by atoms with van der Waals surface area (Å²) < 4.78 is 1.90. The molecule has 0 bridgehead atoms. The summed E-state index contributed by atoms with van der Waals surface area (Å²) >= 11 is 1.70. The Hall–Kier alpha value is -1.72. The van der Waals surface area contributed by atoms with E-state index in [4.69, 9.17) is 0 Å². The summed E-state index contributed by atoms with van der Waals surface area (Å²) in [7, 11) is 0. The highest BCUT2D eigenvalue weighted by molar-refractivity contribution is 7.09. The number of hydrogen-bond acceptors (Lipinski definition) is 4. The van der Waals surface area contributed by atoms with Gasteiger partial charge in [0.25, 0.3) is 0 Å². The van der Waals surface area contributed by atoms with E-state index in [1.807, 2.05) is 36.0 Å². The topological polar surface area (TPSA) is 42.2 Å². The molecule has 0 aliphatic heterocycles. The van der Waals surface area contributed by atoms with E-state index in [1.165, 1.54) is 5.56 Å². The van der Waals surface area contributed by atoms with Crippen LogP contribution in [0.5, 0.6) is 0 Å². The van der Waals surface area contributed by atoms with Crippen molar-refractivity contribution in [3.63, 3.8) is 0 Å². The molecule has 0 radical (unpaired) electrons. The molecular formula is C14H16N4S. The van der Waals surface area contributed by atoms with Gasteiger partial charge in [-0.05, 0) is 26.0 Å². The molecule has 3 aromatic heterocycles. The molecule has 0 aliphatic carbocycles. The van der Waals surface area contributed by atoms with Crippen LogP contribution in [0.15, 0.2) is 36.0 Å². The van der Waals surface area contributed by atoms with Gasteiger partial charge in [-0.3, -0.25) is 0 Å². The Kier molecular flexibility index (Phi) is 3.31. The minimum absolute atomic E-state index is 0.261. The van der Waals surface area contributed by atoms with E-state index < -0.39 is 0 Å². The Morgan fingerprint density at radius 3 is 3.11 bits per heavy atom. The van der Waals surface area contributed by atoms with Crippen LogP contribution in [0.1, 0.15) is 29.2 Å². The van der Waals surface area contributed by atoms with E-state index in [9.17, 15) is 0 Å². The maximum Gasteiger partial charge on any atom is 0.110 e. The van der Waals surface area contributed by atoms with Gasteiger partial charge in [0.2, 0.25) is 0 Å². The number of aryl methyl sites for hydroxylation is 1. The first-order chi connectivity index (χ1) is 9.24. The van der Waals surface area contributed by atoms with Gasteiger partial charge >= 0.3 is 0 Å². The molecule has 0 aliphatic rings. The SMILES string of the molecule is Cc1csc(C(C)NCc2cnn3ccccc23)n1. The number of rotatable bonds is 4. The van der Waals surface area contributed by atoms with Crippen LogP contribution in [-0.4, -0.2) is 14.6 Å². The van der Waals surface area contributed by atoms with Crippen LogP contribution in [0.3, 0.4) is 0 Å². The van der Waals surface area contributed by atoms with E-state index in [-0.39, 0.29) is 6.04 Å². The third-order valence-electron chi connectivity index (χ3n) is 3.11. The van der Waals surface area contributed by atoms with Crippen LogP contribution in [0.4, 0.5) is 0 Å². The highest BCUT2D eigenvalue weighted by Gasteiger charge is 2.10. The van der Waals surface area contributed by atoms with Crippen LogP contribution in [0.25, 0.3) is 5.52 Å². The van der Waals surface area contributed by atoms with Gasteiger partial charge in [-0.25, -0.2) is 9.50 Å². The van der Waals surface area contributed by atoms with Crippen molar-refractivity contribution in [1.82, 2.24) is 19.9 Å². The first kappa shape index (κ1) is 12.3. The number of pyridine rings is 1. The molecule has 3 heterocycles. The molecular weight excluding hydrogens is 256 g/mol. The Morgan fingerprint density at radius 1 is 1.42 bits per heavy atom. The Morgan fingerprint density at radius 2 is 2.32 bits per heavy atom. The normalized spacial score (nSPS) is 12.9. The number of thiazole rings is 1. The van der Waals surface area contributed by atoms with E-state index >= 15 is 0 Å². The number of fused-ring (bicyclic) bond motifs is 1. The van der Waals surface area contributed by atoms with E-state index in [2.05, 4.69) is 33.8 Å². The second-order valence-electron chi connectivity index (χ2n) is 4.63. The third-order valence-corrected chi connectivity index (χ3v) is 4.26. The average Bonchev–Trinajstić information content (AvgIpc) is 3.02. The molecule has 5 heteroatoms. The summed E-state index contributed by atoms with van der Waals surface area (Å²) in [6.45, 7) is 4.97. The van der Waals surface area contributed by atoms with Crippen LogP contribution < -0.4 is 5.32 Å². The largest absolute Gasteiger partial charge is 0.304 e. The van der Waals surface area contributed by atoms with Gasteiger partial charge in [-0.15, -0.1) is 11.3 Å². The lowest BCUT2D eigenvalue weighted by atomic mass is 10.2. The molecule has 0 fully saturated rings. The Balaban J connectivity index is 1.72. The second-order valence-corrected chi connectivity index (χ2v) is 5.52. The fourth-order valence-corrected chi connectivity index (χ4v) is 2.87. The molecule has 4 nitrogen and oxygen atoms in total. The van der Waals surface area contributed by atoms with Crippen molar-refractivity contribution in [3.05, 3.63) is 52.2 Å². The number of aromatic nitrogens is 3. The van der Waals surface area contributed by atoms with Crippen molar-refractivity contribution >= 4 is 16.9 Å². The smallest absolute Gasteiger partial charge is 0.110 e.